The van der Waals surface area contributed by atoms with Gasteiger partial charge < -0.3 is 9.88 Å². The Hall–Kier alpha value is -2.62. The van der Waals surface area contributed by atoms with Crippen LogP contribution in [0.1, 0.15) is 68.2 Å². The summed E-state index contributed by atoms with van der Waals surface area (Å²) in [6.45, 7) is 6.10. The molecule has 31 heavy (non-hydrogen) atoms. The first-order valence-electron chi connectivity index (χ1n) is 12.0. The Balaban J connectivity index is 1.37. The summed E-state index contributed by atoms with van der Waals surface area (Å²) in [6.07, 6.45) is 9.69. The Morgan fingerprint density at radius 2 is 1.87 bits per heavy atom. The molecule has 3 heterocycles. The lowest BCUT2D eigenvalue weighted by atomic mass is 9.87. The Kier molecular flexibility index (Phi) is 5.56. The van der Waals surface area contributed by atoms with Crippen LogP contribution in [0.15, 0.2) is 36.5 Å². The van der Waals surface area contributed by atoms with E-state index < -0.39 is 0 Å². The molecule has 5 rings (SSSR count). The summed E-state index contributed by atoms with van der Waals surface area (Å²) in [7, 11) is 0. The molecule has 1 saturated heterocycles. The van der Waals surface area contributed by atoms with Crippen LogP contribution in [-0.2, 0) is 11.2 Å². The minimum atomic E-state index is 0.301. The Morgan fingerprint density at radius 1 is 1.10 bits per heavy atom. The molecule has 1 aliphatic heterocycles. The third-order valence-corrected chi connectivity index (χ3v) is 7.45. The molecule has 4 nitrogen and oxygen atoms in total. The molecule has 3 aromatic rings. The second kappa shape index (κ2) is 8.49. The number of likely N-dealkylation sites (tertiary alicyclic amines) is 1. The first-order valence-corrected chi connectivity index (χ1v) is 12.0. The van der Waals surface area contributed by atoms with Crippen LogP contribution in [0.2, 0.25) is 0 Å². The molecule has 4 heteroatoms. The number of benzene rings is 1. The summed E-state index contributed by atoms with van der Waals surface area (Å²) >= 11 is 0. The number of aryl methyl sites for hydroxylation is 2. The van der Waals surface area contributed by atoms with Gasteiger partial charge in [0.1, 0.15) is 0 Å². The highest BCUT2D eigenvalue weighted by Gasteiger charge is 2.30. The van der Waals surface area contributed by atoms with Gasteiger partial charge in [0.05, 0.1) is 0 Å². The number of nitrogens with one attached hydrogen (secondary N) is 1. The zero-order valence-corrected chi connectivity index (χ0v) is 18.8. The number of rotatable bonds is 4. The molecule has 1 amide bonds. The molecule has 1 aliphatic carbocycles. The van der Waals surface area contributed by atoms with Gasteiger partial charge in [-0.15, -0.1) is 0 Å². The Labute approximate surface area is 185 Å². The van der Waals surface area contributed by atoms with Crippen molar-refractivity contribution in [1.82, 2.24) is 14.9 Å². The minimum Gasteiger partial charge on any atom is -0.354 e. The van der Waals surface area contributed by atoms with Crippen molar-refractivity contribution in [3.05, 3.63) is 53.3 Å². The van der Waals surface area contributed by atoms with Crippen LogP contribution < -0.4 is 0 Å². The molecule has 0 atom stereocenters. The van der Waals surface area contributed by atoms with Gasteiger partial charge in [0.15, 0.2) is 0 Å². The van der Waals surface area contributed by atoms with Crippen LogP contribution in [0, 0.1) is 12.8 Å². The van der Waals surface area contributed by atoms with E-state index in [4.69, 9.17) is 0 Å². The van der Waals surface area contributed by atoms with Gasteiger partial charge in [-0.3, -0.25) is 9.78 Å². The number of hydrogen-bond acceptors (Lipinski definition) is 2. The van der Waals surface area contributed by atoms with Gasteiger partial charge in [-0.25, -0.2) is 0 Å². The summed E-state index contributed by atoms with van der Waals surface area (Å²) in [5, 5.41) is 1.34. The molecule has 1 saturated carbocycles. The van der Waals surface area contributed by atoms with Crippen LogP contribution in [0.3, 0.4) is 0 Å². The third-order valence-electron chi connectivity index (χ3n) is 7.45. The summed E-state index contributed by atoms with van der Waals surface area (Å²) < 4.78 is 0. The first-order chi connectivity index (χ1) is 15.1. The van der Waals surface area contributed by atoms with Crippen molar-refractivity contribution in [2.24, 2.45) is 5.92 Å². The monoisotopic (exact) mass is 415 g/mol. The zero-order valence-electron chi connectivity index (χ0n) is 18.8. The van der Waals surface area contributed by atoms with Crippen LogP contribution in [0.4, 0.5) is 0 Å². The van der Waals surface area contributed by atoms with E-state index in [1.165, 1.54) is 46.1 Å². The molecule has 162 valence electrons. The lowest BCUT2D eigenvalue weighted by molar-refractivity contribution is -0.136. The number of carbonyl (C=O) groups is 1. The van der Waals surface area contributed by atoms with Crippen LogP contribution in [0.5, 0.6) is 0 Å². The van der Waals surface area contributed by atoms with E-state index >= 15 is 0 Å². The number of H-pyrrole nitrogens is 1. The number of fused-ring (bicyclic) bond motifs is 1. The van der Waals surface area contributed by atoms with Gasteiger partial charge in [-0.1, -0.05) is 25.8 Å². The summed E-state index contributed by atoms with van der Waals surface area (Å²) in [4.78, 5) is 22.9. The summed E-state index contributed by atoms with van der Waals surface area (Å²) in [6, 6.07) is 11.2. The molecule has 0 radical (unpaired) electrons. The van der Waals surface area contributed by atoms with Crippen molar-refractivity contribution in [3.63, 3.8) is 0 Å². The summed E-state index contributed by atoms with van der Waals surface area (Å²) in [5.41, 5.74) is 7.48. The van der Waals surface area contributed by atoms with Gasteiger partial charge in [0.2, 0.25) is 5.91 Å². The number of nitrogens with zero attached hydrogens (tertiary/aromatic N) is 2. The first kappa shape index (κ1) is 20.3. The molecule has 2 aliphatic rings. The van der Waals surface area contributed by atoms with E-state index in [1.54, 1.807) is 0 Å². The highest BCUT2D eigenvalue weighted by molar-refractivity contribution is 5.91. The molecular formula is C27H33N3O. The Bertz CT molecular complexity index is 1090. The molecule has 0 unspecified atom stereocenters. The van der Waals surface area contributed by atoms with Crippen molar-refractivity contribution < 1.29 is 4.79 Å². The lowest BCUT2D eigenvalue weighted by Crippen LogP contribution is -2.40. The molecule has 1 aromatic carbocycles. The fourth-order valence-electron chi connectivity index (χ4n) is 5.70. The van der Waals surface area contributed by atoms with E-state index in [2.05, 4.69) is 52.1 Å². The number of amides is 1. The predicted octanol–water partition coefficient (Wildman–Crippen LogP) is 6.00. The Morgan fingerprint density at radius 3 is 2.58 bits per heavy atom. The quantitative estimate of drug-likeness (QED) is 0.568. The normalized spacial score (nSPS) is 18.2. The van der Waals surface area contributed by atoms with Crippen molar-refractivity contribution in [2.45, 2.75) is 64.7 Å². The zero-order chi connectivity index (χ0) is 21.4. The van der Waals surface area contributed by atoms with E-state index in [0.717, 1.165) is 50.9 Å². The van der Waals surface area contributed by atoms with Crippen LogP contribution >= 0.6 is 0 Å². The van der Waals surface area contributed by atoms with E-state index in [9.17, 15) is 4.79 Å². The molecule has 1 N–H and O–H groups in total. The predicted molar refractivity (Wildman–Crippen MR) is 126 cm³/mol. The van der Waals surface area contributed by atoms with Crippen LogP contribution in [-0.4, -0.2) is 33.9 Å². The maximum atomic E-state index is 12.8. The van der Waals surface area contributed by atoms with Crippen molar-refractivity contribution in [1.29, 1.82) is 0 Å². The van der Waals surface area contributed by atoms with Gasteiger partial charge in [-0.2, -0.15) is 0 Å². The number of aromatic amines is 1. The van der Waals surface area contributed by atoms with Gasteiger partial charge >= 0.3 is 0 Å². The second-order valence-electron chi connectivity index (χ2n) is 9.40. The third kappa shape index (κ3) is 3.88. The van der Waals surface area contributed by atoms with E-state index in [1.807, 2.05) is 13.1 Å². The summed E-state index contributed by atoms with van der Waals surface area (Å²) in [5.74, 6) is 1.26. The maximum absolute atomic E-state index is 12.8. The van der Waals surface area contributed by atoms with Crippen LogP contribution in [0.25, 0.3) is 22.2 Å². The maximum Gasteiger partial charge on any atom is 0.225 e. The lowest BCUT2D eigenvalue weighted by Gasteiger charge is -2.34. The fourth-order valence-corrected chi connectivity index (χ4v) is 5.70. The molecular weight excluding hydrogens is 382 g/mol. The smallest absolute Gasteiger partial charge is 0.225 e. The van der Waals surface area contributed by atoms with Gasteiger partial charge in [0.25, 0.3) is 0 Å². The number of piperidine rings is 1. The highest BCUT2D eigenvalue weighted by Crippen LogP contribution is 2.36. The second-order valence-corrected chi connectivity index (χ2v) is 9.40. The topological polar surface area (TPSA) is 49.0 Å². The number of pyridine rings is 1. The highest BCUT2D eigenvalue weighted by atomic mass is 16.2. The van der Waals surface area contributed by atoms with E-state index in [-0.39, 0.29) is 0 Å². The van der Waals surface area contributed by atoms with Gasteiger partial charge in [-0.05, 0) is 80.3 Å². The average Bonchev–Trinajstić information content (AvgIpc) is 3.46. The molecule has 2 aromatic heterocycles. The standard InChI is InChI=1S/C27H33N3O/c1-3-23-24-17-21(8-9-25(24)29-26(23)22-10-13-28-18(2)16-22)19-11-14-30(15-12-19)27(31)20-6-4-5-7-20/h8-10,13,16-17,19-20,29H,3-7,11-12,14-15H2,1-2H3. The SMILES string of the molecule is CCc1c(-c2ccnc(C)c2)[nH]c2ccc(C3CCN(C(=O)C4CCCC4)CC3)cc12. The molecule has 0 spiro atoms. The van der Waals surface area contributed by atoms with Crippen molar-refractivity contribution in [3.8, 4) is 11.3 Å². The molecule has 0 bridgehead atoms. The average molecular weight is 416 g/mol. The number of hydrogen-bond donors (Lipinski definition) is 1. The van der Waals surface area contributed by atoms with Crippen molar-refractivity contribution in [2.75, 3.05) is 13.1 Å². The van der Waals surface area contributed by atoms with Crippen molar-refractivity contribution >= 4 is 16.8 Å². The van der Waals surface area contributed by atoms with E-state index in [0.29, 0.717) is 17.7 Å². The largest absolute Gasteiger partial charge is 0.354 e. The minimum absolute atomic E-state index is 0.301. The van der Waals surface area contributed by atoms with Gasteiger partial charge in [0, 0.05) is 53.1 Å². The number of carbonyl (C=O) groups excluding carboxylic acids is 1. The fraction of sp³-hybridized carbons (Fsp3) is 0.481. The molecule has 2 fully saturated rings. The number of aromatic nitrogens is 2.